The maximum Gasteiger partial charge on any atom is 0.233 e. The number of ether oxygens (including phenoxy) is 1. The maximum atomic E-state index is 10.3. The molecule has 0 saturated heterocycles. The monoisotopic (exact) mass is 163 g/mol. The quantitative estimate of drug-likeness (QED) is 0.675. The molecule has 0 aliphatic rings. The normalized spacial score (nSPS) is 9.75. The van der Waals surface area contributed by atoms with Crippen molar-refractivity contribution in [3.63, 3.8) is 0 Å². The molecule has 1 aromatic rings. The maximum absolute atomic E-state index is 10.3. The minimum absolute atomic E-state index is 0.562. The lowest BCUT2D eigenvalue weighted by molar-refractivity contribution is 0.134. The fraction of sp³-hybridized carbons (Fsp3) is 0.300. The van der Waals surface area contributed by atoms with E-state index >= 15 is 0 Å². The second kappa shape index (κ2) is 4.67. The molecule has 0 amide bonds. The van der Waals surface area contributed by atoms with E-state index in [2.05, 4.69) is 0 Å². The standard InChI is InChI=1S/C10H11O2/c1-2-12-8-10-5-3-4-9(6-10)7-11/h3-6H,2,8H2,1H3. The van der Waals surface area contributed by atoms with Crippen molar-refractivity contribution in [3.8, 4) is 0 Å². The molecule has 0 saturated carbocycles. The zero-order chi connectivity index (χ0) is 8.81. The van der Waals surface area contributed by atoms with Crippen LogP contribution in [0.4, 0.5) is 0 Å². The summed E-state index contributed by atoms with van der Waals surface area (Å²) in [4.78, 5) is 10.3. The van der Waals surface area contributed by atoms with E-state index < -0.39 is 0 Å². The highest BCUT2D eigenvalue weighted by atomic mass is 16.5. The largest absolute Gasteiger partial charge is 0.377 e. The summed E-state index contributed by atoms with van der Waals surface area (Å²) < 4.78 is 5.19. The van der Waals surface area contributed by atoms with Crippen LogP contribution < -0.4 is 0 Å². The van der Waals surface area contributed by atoms with Crippen molar-refractivity contribution in [1.82, 2.24) is 0 Å². The predicted molar refractivity (Wildman–Crippen MR) is 46.6 cm³/mol. The second-order valence-electron chi connectivity index (χ2n) is 2.44. The number of hydrogen-bond donors (Lipinski definition) is 0. The van der Waals surface area contributed by atoms with Crippen molar-refractivity contribution in [2.45, 2.75) is 13.5 Å². The van der Waals surface area contributed by atoms with Crippen LogP contribution in [0.15, 0.2) is 24.3 Å². The van der Waals surface area contributed by atoms with Gasteiger partial charge >= 0.3 is 0 Å². The molecule has 0 aliphatic carbocycles. The van der Waals surface area contributed by atoms with Crippen LogP contribution >= 0.6 is 0 Å². The molecular formula is C10H11O2. The number of rotatable bonds is 4. The lowest BCUT2D eigenvalue weighted by Gasteiger charge is -2.00. The van der Waals surface area contributed by atoms with Gasteiger partial charge < -0.3 is 4.74 Å². The van der Waals surface area contributed by atoms with Crippen molar-refractivity contribution in [3.05, 3.63) is 35.4 Å². The molecule has 0 aliphatic heterocycles. The molecule has 0 heterocycles. The van der Waals surface area contributed by atoms with Crippen LogP contribution in [0.5, 0.6) is 0 Å². The third kappa shape index (κ3) is 2.47. The lowest BCUT2D eigenvalue weighted by Crippen LogP contribution is -1.92. The van der Waals surface area contributed by atoms with E-state index in [1.807, 2.05) is 25.3 Å². The van der Waals surface area contributed by atoms with Crippen LogP contribution in [-0.2, 0) is 16.1 Å². The number of carbonyl (C=O) groups excluding carboxylic acids is 1. The Hall–Kier alpha value is -1.15. The Morgan fingerprint density at radius 1 is 1.50 bits per heavy atom. The molecule has 0 bridgehead atoms. The van der Waals surface area contributed by atoms with E-state index in [9.17, 15) is 4.79 Å². The van der Waals surface area contributed by atoms with Gasteiger partial charge in [-0.15, -0.1) is 0 Å². The molecule has 0 spiro atoms. The fourth-order valence-corrected chi connectivity index (χ4v) is 0.945. The van der Waals surface area contributed by atoms with E-state index in [4.69, 9.17) is 4.74 Å². The third-order valence-corrected chi connectivity index (χ3v) is 1.52. The van der Waals surface area contributed by atoms with Gasteiger partial charge in [0.25, 0.3) is 0 Å². The van der Waals surface area contributed by atoms with Gasteiger partial charge in [-0.25, -0.2) is 0 Å². The summed E-state index contributed by atoms with van der Waals surface area (Å²) in [5.74, 6) is 0. The van der Waals surface area contributed by atoms with Gasteiger partial charge in [-0.05, 0) is 18.6 Å². The summed E-state index contributed by atoms with van der Waals surface area (Å²) in [6, 6.07) is 7.26. The Labute approximate surface area is 72.2 Å². The van der Waals surface area contributed by atoms with Crippen molar-refractivity contribution in [1.29, 1.82) is 0 Å². The van der Waals surface area contributed by atoms with Crippen LogP contribution in [0, 0.1) is 0 Å². The van der Waals surface area contributed by atoms with Crippen LogP contribution in [0.1, 0.15) is 18.1 Å². The molecule has 0 fully saturated rings. The number of hydrogen-bond acceptors (Lipinski definition) is 2. The minimum Gasteiger partial charge on any atom is -0.377 e. The fourth-order valence-electron chi connectivity index (χ4n) is 0.945. The molecule has 2 heteroatoms. The van der Waals surface area contributed by atoms with Crippen molar-refractivity contribution in [2.75, 3.05) is 6.61 Å². The van der Waals surface area contributed by atoms with Gasteiger partial charge in [0.15, 0.2) is 0 Å². The van der Waals surface area contributed by atoms with Crippen molar-refractivity contribution >= 4 is 6.29 Å². The highest BCUT2D eigenvalue weighted by Crippen LogP contribution is 2.04. The summed E-state index contributed by atoms with van der Waals surface area (Å²) in [6.45, 7) is 3.19. The van der Waals surface area contributed by atoms with Crippen LogP contribution in [-0.4, -0.2) is 12.9 Å². The lowest BCUT2D eigenvalue weighted by atomic mass is 10.1. The van der Waals surface area contributed by atoms with Gasteiger partial charge in [-0.1, -0.05) is 18.2 Å². The first-order chi connectivity index (χ1) is 5.86. The smallest absolute Gasteiger partial charge is 0.233 e. The molecule has 0 aromatic heterocycles. The molecule has 2 nitrogen and oxygen atoms in total. The average Bonchev–Trinajstić information content (AvgIpc) is 2.15. The first-order valence-corrected chi connectivity index (χ1v) is 3.91. The highest BCUT2D eigenvalue weighted by Gasteiger charge is 1.94. The van der Waals surface area contributed by atoms with Crippen LogP contribution in [0.25, 0.3) is 0 Å². The number of benzene rings is 1. The summed E-state index contributed by atoms with van der Waals surface area (Å²) in [6.07, 6.45) is 1.84. The second-order valence-corrected chi connectivity index (χ2v) is 2.44. The van der Waals surface area contributed by atoms with Crippen LogP contribution in [0.3, 0.4) is 0 Å². The molecule has 1 rings (SSSR count). The first kappa shape index (κ1) is 8.94. The third-order valence-electron chi connectivity index (χ3n) is 1.52. The predicted octanol–water partition coefficient (Wildman–Crippen LogP) is 1.68. The van der Waals surface area contributed by atoms with E-state index in [1.165, 1.54) is 0 Å². The SMILES string of the molecule is CCOCc1cccc([C]=O)c1. The Morgan fingerprint density at radius 3 is 3.00 bits per heavy atom. The van der Waals surface area contributed by atoms with E-state index in [-0.39, 0.29) is 0 Å². The Morgan fingerprint density at radius 2 is 2.33 bits per heavy atom. The average molecular weight is 163 g/mol. The van der Waals surface area contributed by atoms with Gasteiger partial charge in [0.05, 0.1) is 6.61 Å². The Balaban J connectivity index is 2.66. The van der Waals surface area contributed by atoms with E-state index in [0.29, 0.717) is 18.8 Å². The minimum atomic E-state index is 0.562. The van der Waals surface area contributed by atoms with Gasteiger partial charge in [-0.2, -0.15) is 0 Å². The van der Waals surface area contributed by atoms with Gasteiger partial charge in [0, 0.05) is 12.2 Å². The van der Waals surface area contributed by atoms with Gasteiger partial charge in [0.1, 0.15) is 0 Å². The summed E-state index contributed by atoms with van der Waals surface area (Å²) in [5, 5.41) is 0. The summed E-state index contributed by atoms with van der Waals surface area (Å²) in [5.41, 5.74) is 1.59. The topological polar surface area (TPSA) is 26.3 Å². The molecule has 1 aromatic carbocycles. The Kier molecular flexibility index (Phi) is 3.48. The molecule has 12 heavy (non-hydrogen) atoms. The van der Waals surface area contributed by atoms with Gasteiger partial charge in [-0.3, -0.25) is 4.79 Å². The summed E-state index contributed by atoms with van der Waals surface area (Å²) >= 11 is 0. The van der Waals surface area contributed by atoms with Crippen molar-refractivity contribution in [2.24, 2.45) is 0 Å². The van der Waals surface area contributed by atoms with E-state index in [1.54, 1.807) is 12.1 Å². The molecular weight excluding hydrogens is 152 g/mol. The van der Waals surface area contributed by atoms with Crippen LogP contribution in [0.2, 0.25) is 0 Å². The highest BCUT2D eigenvalue weighted by molar-refractivity contribution is 5.75. The molecule has 1 radical (unpaired) electrons. The zero-order valence-electron chi connectivity index (χ0n) is 7.04. The molecule has 0 atom stereocenters. The van der Waals surface area contributed by atoms with Gasteiger partial charge in [0.2, 0.25) is 6.29 Å². The Bertz CT molecular complexity index is 256. The molecule has 63 valence electrons. The summed E-state index contributed by atoms with van der Waals surface area (Å²) in [7, 11) is 0. The first-order valence-electron chi connectivity index (χ1n) is 3.91. The zero-order valence-corrected chi connectivity index (χ0v) is 7.04. The molecule has 0 N–H and O–H groups in total. The van der Waals surface area contributed by atoms with E-state index in [0.717, 1.165) is 5.56 Å². The van der Waals surface area contributed by atoms with Crippen molar-refractivity contribution < 1.29 is 9.53 Å². The molecule has 0 unspecified atom stereocenters.